The largest absolute Gasteiger partial charge is 0.497 e. The monoisotopic (exact) mass is 429 g/mol. The summed E-state index contributed by atoms with van der Waals surface area (Å²) in [5.41, 5.74) is 3.20. The van der Waals surface area contributed by atoms with Crippen molar-refractivity contribution in [1.29, 1.82) is 0 Å². The molecule has 2 atom stereocenters. The van der Waals surface area contributed by atoms with Crippen molar-refractivity contribution in [3.63, 3.8) is 0 Å². The predicted octanol–water partition coefficient (Wildman–Crippen LogP) is 4.40. The zero-order chi connectivity index (χ0) is 22.2. The third-order valence-corrected chi connectivity index (χ3v) is 6.08. The normalized spacial score (nSPS) is 17.5. The van der Waals surface area contributed by atoms with Crippen molar-refractivity contribution in [2.45, 2.75) is 31.8 Å². The van der Waals surface area contributed by atoms with Gasteiger partial charge in [0.15, 0.2) is 0 Å². The topological polar surface area (TPSA) is 54.5 Å². The maximum atomic E-state index is 12.9. The molecule has 2 heterocycles. The van der Waals surface area contributed by atoms with Gasteiger partial charge in [0, 0.05) is 19.3 Å². The van der Waals surface area contributed by atoms with Gasteiger partial charge in [-0.05, 0) is 60.7 Å². The van der Waals surface area contributed by atoms with Gasteiger partial charge in [-0.15, -0.1) is 0 Å². The van der Waals surface area contributed by atoms with Crippen molar-refractivity contribution >= 4 is 5.91 Å². The lowest BCUT2D eigenvalue weighted by Crippen LogP contribution is -2.43. The molecule has 0 spiro atoms. The molecule has 1 N–H and O–H groups in total. The fourth-order valence-electron chi connectivity index (χ4n) is 4.53. The van der Waals surface area contributed by atoms with Gasteiger partial charge in [-0.25, -0.2) is 0 Å². The van der Waals surface area contributed by atoms with E-state index in [2.05, 4.69) is 27.3 Å². The third-order valence-electron chi connectivity index (χ3n) is 6.08. The summed E-state index contributed by atoms with van der Waals surface area (Å²) in [7, 11) is 1.70. The van der Waals surface area contributed by atoms with Crippen LogP contribution in [0.4, 0.5) is 0 Å². The maximum Gasteiger partial charge on any atom is 0.224 e. The van der Waals surface area contributed by atoms with Crippen LogP contribution in [0.2, 0.25) is 0 Å². The van der Waals surface area contributed by atoms with Crippen LogP contribution in [0.25, 0.3) is 0 Å². The second-order valence-corrected chi connectivity index (χ2v) is 8.45. The fourth-order valence-corrected chi connectivity index (χ4v) is 4.53. The number of ether oxygens (including phenoxy) is 1. The zero-order valence-electron chi connectivity index (χ0n) is 18.6. The van der Waals surface area contributed by atoms with Crippen LogP contribution in [0.1, 0.15) is 35.7 Å². The number of rotatable bonds is 8. The summed E-state index contributed by atoms with van der Waals surface area (Å²) in [6, 6.07) is 24.0. The summed E-state index contributed by atoms with van der Waals surface area (Å²) in [6.07, 6.45) is 4.36. The van der Waals surface area contributed by atoms with Crippen LogP contribution >= 0.6 is 0 Å². The van der Waals surface area contributed by atoms with Crippen LogP contribution in [-0.4, -0.2) is 36.0 Å². The van der Waals surface area contributed by atoms with E-state index in [0.717, 1.165) is 49.5 Å². The molecule has 1 amide bonds. The Morgan fingerprint density at radius 3 is 2.69 bits per heavy atom. The molecule has 32 heavy (non-hydrogen) atoms. The van der Waals surface area contributed by atoms with E-state index in [1.54, 1.807) is 7.11 Å². The zero-order valence-corrected chi connectivity index (χ0v) is 18.6. The van der Waals surface area contributed by atoms with E-state index in [9.17, 15) is 4.79 Å². The highest BCUT2D eigenvalue weighted by molar-refractivity contribution is 5.79. The Labute approximate surface area is 190 Å². The molecule has 0 aliphatic carbocycles. The first-order valence-electron chi connectivity index (χ1n) is 11.3. The number of likely N-dealkylation sites (tertiary alicyclic amines) is 1. The average Bonchev–Trinajstić information content (AvgIpc) is 2.84. The van der Waals surface area contributed by atoms with Crippen molar-refractivity contribution in [2.75, 3.05) is 20.2 Å². The second kappa shape index (κ2) is 10.9. The molecular formula is C27H31N3O2. The lowest BCUT2D eigenvalue weighted by atomic mass is 9.88. The van der Waals surface area contributed by atoms with Crippen LogP contribution in [0, 0.1) is 5.92 Å². The standard InChI is InChI=1S/C27H31N3O2/c1-32-24-13-7-11-22(17-24)19-30-16-8-12-23(20-30)27(25-14-5-6-15-28-25)29-26(31)18-21-9-3-2-4-10-21/h2-7,9-11,13-15,17,23,27H,8,12,16,18-20H2,1H3,(H,29,31)/t23-,27+/m0/s1. The number of hydrogen-bond acceptors (Lipinski definition) is 4. The highest BCUT2D eigenvalue weighted by Gasteiger charge is 2.30. The van der Waals surface area contributed by atoms with Gasteiger partial charge in [0.25, 0.3) is 0 Å². The molecule has 2 aromatic carbocycles. The van der Waals surface area contributed by atoms with Gasteiger partial charge < -0.3 is 10.1 Å². The first-order valence-corrected chi connectivity index (χ1v) is 11.3. The van der Waals surface area contributed by atoms with Crippen molar-refractivity contribution < 1.29 is 9.53 Å². The summed E-state index contributed by atoms with van der Waals surface area (Å²) < 4.78 is 5.38. The number of amides is 1. The first kappa shape index (κ1) is 22.0. The average molecular weight is 430 g/mol. The minimum Gasteiger partial charge on any atom is -0.497 e. The Kier molecular flexibility index (Phi) is 7.51. The van der Waals surface area contributed by atoms with E-state index in [4.69, 9.17) is 4.74 Å². The SMILES string of the molecule is COc1cccc(CN2CCC[C@H]([C@@H](NC(=O)Cc3ccccc3)c3ccccn3)C2)c1. The smallest absolute Gasteiger partial charge is 0.224 e. The Hall–Kier alpha value is -3.18. The number of nitrogens with zero attached hydrogens (tertiary/aromatic N) is 2. The van der Waals surface area contributed by atoms with E-state index >= 15 is 0 Å². The molecule has 1 aromatic heterocycles. The number of methoxy groups -OCH3 is 1. The van der Waals surface area contributed by atoms with Crippen molar-refractivity contribution in [1.82, 2.24) is 15.2 Å². The lowest BCUT2D eigenvalue weighted by Gasteiger charge is -2.37. The van der Waals surface area contributed by atoms with Gasteiger partial charge in [0.05, 0.1) is 25.3 Å². The predicted molar refractivity (Wildman–Crippen MR) is 126 cm³/mol. The quantitative estimate of drug-likeness (QED) is 0.577. The number of carbonyl (C=O) groups excluding carboxylic acids is 1. The molecule has 1 saturated heterocycles. The van der Waals surface area contributed by atoms with Crippen LogP contribution < -0.4 is 10.1 Å². The van der Waals surface area contributed by atoms with Gasteiger partial charge in [-0.1, -0.05) is 48.5 Å². The molecule has 0 bridgehead atoms. The van der Waals surface area contributed by atoms with Gasteiger partial charge >= 0.3 is 0 Å². The van der Waals surface area contributed by atoms with E-state index in [0.29, 0.717) is 12.3 Å². The summed E-state index contributed by atoms with van der Waals surface area (Å²) in [4.78, 5) is 20.0. The van der Waals surface area contributed by atoms with Crippen molar-refractivity contribution in [2.24, 2.45) is 5.92 Å². The van der Waals surface area contributed by atoms with Gasteiger partial charge in [-0.2, -0.15) is 0 Å². The number of nitrogens with one attached hydrogen (secondary N) is 1. The molecule has 5 nitrogen and oxygen atoms in total. The summed E-state index contributed by atoms with van der Waals surface area (Å²) in [5.74, 6) is 1.23. The number of aromatic nitrogens is 1. The van der Waals surface area contributed by atoms with Crippen molar-refractivity contribution in [3.05, 3.63) is 95.8 Å². The molecule has 1 fully saturated rings. The molecule has 1 aliphatic rings. The minimum absolute atomic E-state index is 0.0387. The van der Waals surface area contributed by atoms with Crippen molar-refractivity contribution in [3.8, 4) is 5.75 Å². The van der Waals surface area contributed by atoms with E-state index < -0.39 is 0 Å². The molecular weight excluding hydrogens is 398 g/mol. The lowest BCUT2D eigenvalue weighted by molar-refractivity contribution is -0.121. The molecule has 5 heteroatoms. The molecule has 166 valence electrons. The summed E-state index contributed by atoms with van der Waals surface area (Å²) >= 11 is 0. The van der Waals surface area contributed by atoms with Crippen LogP contribution in [-0.2, 0) is 17.8 Å². The molecule has 1 aliphatic heterocycles. The number of carbonyl (C=O) groups is 1. The third kappa shape index (κ3) is 5.95. The van der Waals surface area contributed by atoms with Crippen LogP contribution in [0.5, 0.6) is 5.75 Å². The number of hydrogen-bond donors (Lipinski definition) is 1. The molecule has 0 radical (unpaired) electrons. The number of benzene rings is 2. The molecule has 3 aromatic rings. The van der Waals surface area contributed by atoms with E-state index in [1.807, 2.05) is 66.9 Å². The summed E-state index contributed by atoms with van der Waals surface area (Å²) in [5, 5.41) is 3.31. The molecule has 0 saturated carbocycles. The van der Waals surface area contributed by atoms with Gasteiger partial charge in [-0.3, -0.25) is 14.7 Å². The minimum atomic E-state index is -0.0967. The van der Waals surface area contributed by atoms with E-state index in [1.165, 1.54) is 5.56 Å². The molecule has 4 rings (SSSR count). The number of pyridine rings is 1. The number of piperidine rings is 1. The second-order valence-electron chi connectivity index (χ2n) is 8.45. The van der Waals surface area contributed by atoms with Crippen LogP contribution in [0.15, 0.2) is 79.0 Å². The molecule has 0 unspecified atom stereocenters. The summed E-state index contributed by atoms with van der Waals surface area (Å²) in [6.45, 7) is 2.85. The highest BCUT2D eigenvalue weighted by atomic mass is 16.5. The van der Waals surface area contributed by atoms with E-state index in [-0.39, 0.29) is 11.9 Å². The highest BCUT2D eigenvalue weighted by Crippen LogP contribution is 2.30. The maximum absolute atomic E-state index is 12.9. The van der Waals surface area contributed by atoms with Crippen LogP contribution in [0.3, 0.4) is 0 Å². The van der Waals surface area contributed by atoms with Gasteiger partial charge in [0.2, 0.25) is 5.91 Å². The fraction of sp³-hybridized carbons (Fsp3) is 0.333. The van der Waals surface area contributed by atoms with Gasteiger partial charge in [0.1, 0.15) is 5.75 Å². The Balaban J connectivity index is 1.47. The Morgan fingerprint density at radius 2 is 1.91 bits per heavy atom. The Bertz CT molecular complexity index is 994. The first-order chi connectivity index (χ1) is 15.7. The Morgan fingerprint density at radius 1 is 1.09 bits per heavy atom.